The van der Waals surface area contributed by atoms with Gasteiger partial charge < -0.3 is 9.64 Å². The van der Waals surface area contributed by atoms with E-state index in [0.717, 1.165) is 18.9 Å². The molecule has 5 heteroatoms. The third-order valence-corrected chi connectivity index (χ3v) is 4.56. The van der Waals surface area contributed by atoms with Crippen molar-refractivity contribution < 1.29 is 9.53 Å². The van der Waals surface area contributed by atoms with Crippen molar-refractivity contribution in [1.29, 1.82) is 0 Å². The summed E-state index contributed by atoms with van der Waals surface area (Å²) in [6.45, 7) is 4.48. The molecule has 0 spiro atoms. The van der Waals surface area contributed by atoms with Crippen molar-refractivity contribution in [1.82, 2.24) is 9.88 Å². The van der Waals surface area contributed by atoms with Gasteiger partial charge in [-0.05, 0) is 44.5 Å². The molecule has 0 aromatic carbocycles. The second-order valence-electron chi connectivity index (χ2n) is 5.88. The number of anilines is 1. The van der Waals surface area contributed by atoms with Crippen LogP contribution in [-0.4, -0.2) is 55.2 Å². The average Bonchev–Trinajstić information content (AvgIpc) is 3.05. The molecule has 0 saturated carbocycles. The highest BCUT2D eigenvalue weighted by atomic mass is 16.5. The normalized spacial score (nSPS) is 23.3. The highest BCUT2D eigenvalue weighted by Crippen LogP contribution is 2.24. The number of hydrogen-bond donors (Lipinski definition) is 0. The van der Waals surface area contributed by atoms with Gasteiger partial charge >= 0.3 is 5.97 Å². The Bertz CT molecular complexity index is 500. The molecule has 0 radical (unpaired) electrons. The Morgan fingerprint density at radius 2 is 2.10 bits per heavy atom. The monoisotopic (exact) mass is 289 g/mol. The molecule has 0 amide bonds. The number of methoxy groups -OCH3 is 1. The predicted octanol–water partition coefficient (Wildman–Crippen LogP) is 1.93. The van der Waals surface area contributed by atoms with E-state index in [0.29, 0.717) is 11.6 Å². The number of hydrogen-bond acceptors (Lipinski definition) is 5. The molecule has 3 heterocycles. The van der Waals surface area contributed by atoms with Crippen molar-refractivity contribution in [2.24, 2.45) is 0 Å². The molecule has 5 nitrogen and oxygen atoms in total. The zero-order valence-corrected chi connectivity index (χ0v) is 12.6. The first-order valence-corrected chi connectivity index (χ1v) is 7.81. The van der Waals surface area contributed by atoms with Crippen LogP contribution in [0.4, 0.5) is 5.82 Å². The number of carbonyl (C=O) groups is 1. The van der Waals surface area contributed by atoms with Gasteiger partial charge in [-0.15, -0.1) is 0 Å². The largest absolute Gasteiger partial charge is 0.465 e. The Hall–Kier alpha value is -1.62. The van der Waals surface area contributed by atoms with Gasteiger partial charge in [0.1, 0.15) is 5.82 Å². The fourth-order valence-corrected chi connectivity index (χ4v) is 3.37. The Kier molecular flexibility index (Phi) is 4.39. The number of esters is 1. The zero-order chi connectivity index (χ0) is 14.7. The highest BCUT2D eigenvalue weighted by molar-refractivity contribution is 5.90. The van der Waals surface area contributed by atoms with E-state index >= 15 is 0 Å². The van der Waals surface area contributed by atoms with Crippen molar-refractivity contribution in [2.45, 2.75) is 31.7 Å². The number of pyridine rings is 1. The van der Waals surface area contributed by atoms with Crippen LogP contribution in [0.25, 0.3) is 0 Å². The second kappa shape index (κ2) is 6.43. The molecular formula is C16H23N3O2. The number of piperidine rings is 1. The number of ether oxygens (including phenoxy) is 1. The van der Waals surface area contributed by atoms with Crippen LogP contribution >= 0.6 is 0 Å². The minimum Gasteiger partial charge on any atom is -0.465 e. The van der Waals surface area contributed by atoms with E-state index in [4.69, 9.17) is 4.74 Å². The van der Waals surface area contributed by atoms with Crippen LogP contribution in [0.5, 0.6) is 0 Å². The SMILES string of the molecule is COC(=O)c1ccnc(N2CCC(N3CCCCC3)C2)c1. The predicted molar refractivity (Wildman–Crippen MR) is 81.6 cm³/mol. The minimum absolute atomic E-state index is 0.301. The van der Waals surface area contributed by atoms with Gasteiger partial charge in [0.15, 0.2) is 0 Å². The fourth-order valence-electron chi connectivity index (χ4n) is 3.37. The van der Waals surface area contributed by atoms with Crippen molar-refractivity contribution in [3.8, 4) is 0 Å². The van der Waals surface area contributed by atoms with Crippen LogP contribution in [0, 0.1) is 0 Å². The Morgan fingerprint density at radius 1 is 1.29 bits per heavy atom. The van der Waals surface area contributed by atoms with E-state index in [1.165, 1.54) is 45.9 Å². The van der Waals surface area contributed by atoms with E-state index in [9.17, 15) is 4.79 Å². The summed E-state index contributed by atoms with van der Waals surface area (Å²) in [5.41, 5.74) is 0.573. The van der Waals surface area contributed by atoms with E-state index < -0.39 is 0 Å². The smallest absolute Gasteiger partial charge is 0.338 e. The number of rotatable bonds is 3. The van der Waals surface area contributed by atoms with Gasteiger partial charge in [0, 0.05) is 25.3 Å². The molecule has 1 atom stereocenters. The molecule has 0 N–H and O–H groups in total. The molecule has 3 rings (SSSR count). The lowest BCUT2D eigenvalue weighted by molar-refractivity contribution is 0.0600. The van der Waals surface area contributed by atoms with Crippen LogP contribution in [0.1, 0.15) is 36.0 Å². The molecule has 1 aromatic heterocycles. The Balaban J connectivity index is 1.66. The van der Waals surface area contributed by atoms with Crippen molar-refractivity contribution in [3.05, 3.63) is 23.9 Å². The van der Waals surface area contributed by atoms with Gasteiger partial charge in [-0.1, -0.05) is 6.42 Å². The van der Waals surface area contributed by atoms with E-state index in [1.54, 1.807) is 12.3 Å². The van der Waals surface area contributed by atoms with Gasteiger partial charge in [0.05, 0.1) is 12.7 Å². The van der Waals surface area contributed by atoms with Crippen LogP contribution in [0.2, 0.25) is 0 Å². The lowest BCUT2D eigenvalue weighted by atomic mass is 10.1. The maximum absolute atomic E-state index is 11.6. The lowest BCUT2D eigenvalue weighted by Crippen LogP contribution is -2.40. The van der Waals surface area contributed by atoms with Gasteiger partial charge in [-0.2, -0.15) is 0 Å². The van der Waals surface area contributed by atoms with Gasteiger partial charge in [0.25, 0.3) is 0 Å². The molecule has 2 aliphatic heterocycles. The standard InChI is InChI=1S/C16H23N3O2/c1-21-16(20)13-5-7-17-15(11-13)19-10-6-14(12-19)18-8-3-2-4-9-18/h5,7,11,14H,2-4,6,8-10,12H2,1H3. The van der Waals surface area contributed by atoms with Crippen molar-refractivity contribution in [2.75, 3.05) is 38.2 Å². The van der Waals surface area contributed by atoms with Gasteiger partial charge in [0.2, 0.25) is 0 Å². The third kappa shape index (κ3) is 3.18. The molecule has 2 saturated heterocycles. The van der Waals surface area contributed by atoms with Crippen LogP contribution < -0.4 is 4.90 Å². The maximum atomic E-state index is 11.6. The molecule has 0 bridgehead atoms. The first kappa shape index (κ1) is 14.3. The topological polar surface area (TPSA) is 45.7 Å². The zero-order valence-electron chi connectivity index (χ0n) is 12.6. The van der Waals surface area contributed by atoms with E-state index in [-0.39, 0.29) is 5.97 Å². The summed E-state index contributed by atoms with van der Waals surface area (Å²) in [7, 11) is 1.41. The quantitative estimate of drug-likeness (QED) is 0.796. The van der Waals surface area contributed by atoms with E-state index in [2.05, 4.69) is 14.8 Å². The van der Waals surface area contributed by atoms with Crippen LogP contribution in [-0.2, 0) is 4.74 Å². The highest BCUT2D eigenvalue weighted by Gasteiger charge is 2.29. The summed E-state index contributed by atoms with van der Waals surface area (Å²) < 4.78 is 4.78. The van der Waals surface area contributed by atoms with Gasteiger partial charge in [-0.25, -0.2) is 9.78 Å². The summed E-state index contributed by atoms with van der Waals surface area (Å²) in [4.78, 5) is 20.9. The van der Waals surface area contributed by atoms with Crippen LogP contribution in [0.3, 0.4) is 0 Å². The Labute approximate surface area is 125 Å². The maximum Gasteiger partial charge on any atom is 0.338 e. The van der Waals surface area contributed by atoms with Crippen LogP contribution in [0.15, 0.2) is 18.3 Å². The summed E-state index contributed by atoms with van der Waals surface area (Å²) >= 11 is 0. The third-order valence-electron chi connectivity index (χ3n) is 4.56. The number of aromatic nitrogens is 1. The molecule has 21 heavy (non-hydrogen) atoms. The fraction of sp³-hybridized carbons (Fsp3) is 0.625. The lowest BCUT2D eigenvalue weighted by Gasteiger charge is -2.32. The average molecular weight is 289 g/mol. The molecule has 0 aliphatic carbocycles. The first-order chi connectivity index (χ1) is 10.3. The summed E-state index contributed by atoms with van der Waals surface area (Å²) in [5.74, 6) is 0.586. The van der Waals surface area contributed by atoms with Crippen molar-refractivity contribution >= 4 is 11.8 Å². The Morgan fingerprint density at radius 3 is 2.86 bits per heavy atom. The summed E-state index contributed by atoms with van der Waals surface area (Å²) in [5, 5.41) is 0. The number of carbonyl (C=O) groups excluding carboxylic acids is 1. The molecule has 1 unspecified atom stereocenters. The molecule has 2 fully saturated rings. The molecule has 1 aromatic rings. The number of nitrogens with zero attached hydrogens (tertiary/aromatic N) is 3. The molecule has 114 valence electrons. The van der Waals surface area contributed by atoms with E-state index in [1.807, 2.05) is 6.07 Å². The second-order valence-corrected chi connectivity index (χ2v) is 5.88. The van der Waals surface area contributed by atoms with Gasteiger partial charge in [-0.3, -0.25) is 4.90 Å². The summed E-state index contributed by atoms with van der Waals surface area (Å²) in [6.07, 6.45) is 6.90. The first-order valence-electron chi connectivity index (χ1n) is 7.81. The van der Waals surface area contributed by atoms with Crippen molar-refractivity contribution in [3.63, 3.8) is 0 Å². The minimum atomic E-state index is -0.301. The molecule has 2 aliphatic rings. The summed E-state index contributed by atoms with van der Waals surface area (Å²) in [6, 6.07) is 4.17. The number of likely N-dealkylation sites (tertiary alicyclic amines) is 1. The molecular weight excluding hydrogens is 266 g/mol.